The van der Waals surface area contributed by atoms with Gasteiger partial charge < -0.3 is 14.9 Å². The van der Waals surface area contributed by atoms with Crippen molar-refractivity contribution >= 4 is 11.7 Å². The fourth-order valence-corrected chi connectivity index (χ4v) is 1.47. The standard InChI is InChI=1S/C11H11F2NO6/c1-2-20-11(17)10(16)9(15)5-3-6(12)8(14(18)19)7(13)4-5/h3-4,9-10,15-16H,2H2,1H3. The monoisotopic (exact) mass is 291 g/mol. The van der Waals surface area contributed by atoms with Gasteiger partial charge in [0.2, 0.25) is 11.6 Å². The van der Waals surface area contributed by atoms with Crippen LogP contribution in [0.3, 0.4) is 0 Å². The number of nitrogens with zero attached hydrogens (tertiary/aromatic N) is 1. The van der Waals surface area contributed by atoms with Gasteiger partial charge in [0, 0.05) is 0 Å². The zero-order chi connectivity index (χ0) is 15.4. The van der Waals surface area contributed by atoms with Crippen molar-refractivity contribution in [3.63, 3.8) is 0 Å². The van der Waals surface area contributed by atoms with Crippen LogP contribution in [-0.4, -0.2) is 33.8 Å². The lowest BCUT2D eigenvalue weighted by molar-refractivity contribution is -0.390. The molecule has 110 valence electrons. The summed E-state index contributed by atoms with van der Waals surface area (Å²) in [5.74, 6) is -4.24. The first-order chi connectivity index (χ1) is 9.29. The molecule has 2 unspecified atom stereocenters. The summed E-state index contributed by atoms with van der Waals surface area (Å²) in [5, 5.41) is 29.4. The van der Waals surface area contributed by atoms with Crippen LogP contribution >= 0.6 is 0 Å². The van der Waals surface area contributed by atoms with Gasteiger partial charge in [-0.1, -0.05) is 0 Å². The third-order valence-corrected chi connectivity index (χ3v) is 2.39. The van der Waals surface area contributed by atoms with E-state index in [1.807, 2.05) is 0 Å². The number of rotatable bonds is 5. The largest absolute Gasteiger partial charge is 0.464 e. The zero-order valence-corrected chi connectivity index (χ0v) is 10.2. The Morgan fingerprint density at radius 3 is 2.30 bits per heavy atom. The molecule has 1 aromatic carbocycles. The second-order valence-corrected chi connectivity index (χ2v) is 3.73. The van der Waals surface area contributed by atoms with Crippen molar-refractivity contribution in [3.05, 3.63) is 39.4 Å². The predicted molar refractivity (Wildman–Crippen MR) is 60.6 cm³/mol. The van der Waals surface area contributed by atoms with Gasteiger partial charge in [0.25, 0.3) is 0 Å². The summed E-state index contributed by atoms with van der Waals surface area (Å²) in [6.07, 6.45) is -4.03. The SMILES string of the molecule is CCOC(=O)C(O)C(O)c1cc(F)c([N+](=O)[O-])c(F)c1. The molecule has 0 aliphatic heterocycles. The predicted octanol–water partition coefficient (Wildman–Crippen LogP) is 0.830. The molecule has 2 N–H and O–H groups in total. The number of carbonyl (C=O) groups excluding carboxylic acids is 1. The molecule has 0 spiro atoms. The Morgan fingerprint density at radius 2 is 1.90 bits per heavy atom. The van der Waals surface area contributed by atoms with E-state index in [4.69, 9.17) is 0 Å². The number of ether oxygens (including phenoxy) is 1. The van der Waals surface area contributed by atoms with Gasteiger partial charge >= 0.3 is 11.7 Å². The van der Waals surface area contributed by atoms with Crippen molar-refractivity contribution in [1.29, 1.82) is 0 Å². The van der Waals surface area contributed by atoms with Crippen LogP contribution in [0.5, 0.6) is 0 Å². The average molecular weight is 291 g/mol. The molecule has 0 aliphatic carbocycles. The first kappa shape index (κ1) is 15.9. The van der Waals surface area contributed by atoms with Crippen LogP contribution in [0.15, 0.2) is 12.1 Å². The molecule has 0 aromatic heterocycles. The van der Waals surface area contributed by atoms with E-state index >= 15 is 0 Å². The number of benzene rings is 1. The summed E-state index contributed by atoms with van der Waals surface area (Å²) in [6, 6.07) is 0.933. The molecule has 0 radical (unpaired) electrons. The molecular formula is C11H11F2NO6. The van der Waals surface area contributed by atoms with Gasteiger partial charge in [-0.15, -0.1) is 0 Å². The minimum atomic E-state index is -2.06. The zero-order valence-electron chi connectivity index (χ0n) is 10.2. The number of carbonyl (C=O) groups is 1. The number of aliphatic hydroxyl groups is 2. The van der Waals surface area contributed by atoms with E-state index < -0.39 is 46.0 Å². The second kappa shape index (κ2) is 6.35. The molecule has 1 rings (SSSR count). The summed E-state index contributed by atoms with van der Waals surface area (Å²) in [5.41, 5.74) is -1.90. The number of nitro groups is 1. The quantitative estimate of drug-likeness (QED) is 0.472. The van der Waals surface area contributed by atoms with E-state index in [0.717, 1.165) is 0 Å². The Hall–Kier alpha value is -2.13. The van der Waals surface area contributed by atoms with E-state index in [1.165, 1.54) is 6.92 Å². The first-order valence-corrected chi connectivity index (χ1v) is 5.45. The summed E-state index contributed by atoms with van der Waals surface area (Å²) >= 11 is 0. The van der Waals surface area contributed by atoms with Gasteiger partial charge in [0.05, 0.1) is 11.5 Å². The van der Waals surface area contributed by atoms with E-state index in [9.17, 15) is 33.9 Å². The van der Waals surface area contributed by atoms with Crippen molar-refractivity contribution in [2.75, 3.05) is 6.61 Å². The van der Waals surface area contributed by atoms with E-state index in [-0.39, 0.29) is 6.61 Å². The number of nitro benzene ring substituents is 1. The van der Waals surface area contributed by atoms with Crippen LogP contribution in [-0.2, 0) is 9.53 Å². The summed E-state index contributed by atoms with van der Waals surface area (Å²) in [6.45, 7) is 1.40. The van der Waals surface area contributed by atoms with Crippen LogP contribution in [0, 0.1) is 21.7 Å². The van der Waals surface area contributed by atoms with Crippen LogP contribution in [0.25, 0.3) is 0 Å². The van der Waals surface area contributed by atoms with E-state index in [1.54, 1.807) is 0 Å². The maximum atomic E-state index is 13.3. The fourth-order valence-electron chi connectivity index (χ4n) is 1.47. The molecule has 1 aromatic rings. The second-order valence-electron chi connectivity index (χ2n) is 3.73. The third kappa shape index (κ3) is 3.25. The maximum absolute atomic E-state index is 13.3. The molecule has 9 heteroatoms. The Kier molecular flexibility index (Phi) is 5.06. The molecule has 0 heterocycles. The van der Waals surface area contributed by atoms with Crippen LogP contribution in [0.4, 0.5) is 14.5 Å². The topological polar surface area (TPSA) is 110 Å². The Bertz CT molecular complexity index is 513. The Morgan fingerprint density at radius 1 is 1.40 bits per heavy atom. The fraction of sp³-hybridized carbons (Fsp3) is 0.364. The van der Waals surface area contributed by atoms with Gasteiger partial charge in [-0.2, -0.15) is 8.78 Å². The highest BCUT2D eigenvalue weighted by Gasteiger charge is 2.30. The minimum absolute atomic E-state index is 0.0639. The van der Waals surface area contributed by atoms with E-state index in [0.29, 0.717) is 12.1 Å². The molecule has 0 bridgehead atoms. The van der Waals surface area contributed by atoms with Gasteiger partial charge in [0.1, 0.15) is 6.10 Å². The van der Waals surface area contributed by atoms with Crippen molar-refractivity contribution in [1.82, 2.24) is 0 Å². The van der Waals surface area contributed by atoms with Crippen LogP contribution in [0.2, 0.25) is 0 Å². The van der Waals surface area contributed by atoms with E-state index in [2.05, 4.69) is 4.74 Å². The Balaban J connectivity index is 3.09. The highest BCUT2D eigenvalue weighted by molar-refractivity contribution is 5.75. The average Bonchev–Trinajstić information content (AvgIpc) is 2.35. The van der Waals surface area contributed by atoms with Gasteiger partial charge in [-0.3, -0.25) is 10.1 Å². The molecule has 20 heavy (non-hydrogen) atoms. The molecule has 0 saturated carbocycles. The number of halogens is 2. The van der Waals surface area contributed by atoms with Crippen LogP contribution in [0.1, 0.15) is 18.6 Å². The van der Waals surface area contributed by atoms with Gasteiger partial charge in [0.15, 0.2) is 6.10 Å². The molecule has 7 nitrogen and oxygen atoms in total. The van der Waals surface area contributed by atoms with Gasteiger partial charge in [-0.25, -0.2) is 4.79 Å². The summed E-state index contributed by atoms with van der Waals surface area (Å²) < 4.78 is 31.1. The lowest BCUT2D eigenvalue weighted by atomic mass is 10.0. The summed E-state index contributed by atoms with van der Waals surface area (Å²) in [4.78, 5) is 20.3. The lowest BCUT2D eigenvalue weighted by Crippen LogP contribution is -2.30. The van der Waals surface area contributed by atoms with Crippen LogP contribution < -0.4 is 0 Å². The number of hydrogen-bond donors (Lipinski definition) is 2. The molecular weight excluding hydrogens is 280 g/mol. The number of hydrogen-bond acceptors (Lipinski definition) is 6. The van der Waals surface area contributed by atoms with Crippen molar-refractivity contribution in [3.8, 4) is 0 Å². The minimum Gasteiger partial charge on any atom is -0.464 e. The van der Waals surface area contributed by atoms with Gasteiger partial charge in [-0.05, 0) is 24.6 Å². The summed E-state index contributed by atoms with van der Waals surface area (Å²) in [7, 11) is 0. The highest BCUT2D eigenvalue weighted by Crippen LogP contribution is 2.27. The first-order valence-electron chi connectivity index (χ1n) is 5.45. The van der Waals surface area contributed by atoms with Crippen molar-refractivity contribution < 1.29 is 33.4 Å². The lowest BCUT2D eigenvalue weighted by Gasteiger charge is -2.16. The molecule has 0 amide bonds. The molecule has 0 saturated heterocycles. The van der Waals surface area contributed by atoms with Crippen molar-refractivity contribution in [2.45, 2.75) is 19.1 Å². The maximum Gasteiger partial charge on any atom is 0.340 e. The molecule has 2 atom stereocenters. The normalized spacial score (nSPS) is 13.7. The van der Waals surface area contributed by atoms with Crippen molar-refractivity contribution in [2.24, 2.45) is 0 Å². The third-order valence-electron chi connectivity index (χ3n) is 2.39. The number of esters is 1. The smallest absolute Gasteiger partial charge is 0.340 e. The molecule has 0 aliphatic rings. The molecule has 0 fully saturated rings. The number of aliphatic hydroxyl groups excluding tert-OH is 2. The Labute approximate surface area is 111 Å². The highest BCUT2D eigenvalue weighted by atomic mass is 19.1.